The number of benzene rings is 1. The lowest BCUT2D eigenvalue weighted by Crippen LogP contribution is -2.50. The van der Waals surface area contributed by atoms with Crippen molar-refractivity contribution in [2.24, 2.45) is 11.8 Å². The summed E-state index contributed by atoms with van der Waals surface area (Å²) in [5, 5.41) is 6.05. The van der Waals surface area contributed by atoms with Crippen LogP contribution in [-0.2, 0) is 14.2 Å². The Balaban J connectivity index is 1.59. The number of carbonyl (C=O) groups excluding carboxylic acids is 2. The maximum absolute atomic E-state index is 13.3. The molecule has 0 spiro atoms. The Hall–Kier alpha value is -2.10. The summed E-state index contributed by atoms with van der Waals surface area (Å²) in [6, 6.07) is 11.7. The van der Waals surface area contributed by atoms with Crippen LogP contribution >= 0.6 is 0 Å². The van der Waals surface area contributed by atoms with Crippen LogP contribution in [0.4, 0.5) is 9.59 Å². The van der Waals surface area contributed by atoms with Crippen molar-refractivity contribution in [3.8, 4) is 0 Å². The zero-order chi connectivity index (χ0) is 24.9. The van der Waals surface area contributed by atoms with Gasteiger partial charge in [0.2, 0.25) is 0 Å². The molecule has 0 aliphatic carbocycles. The Kier molecular flexibility index (Phi) is 11.9. The molecule has 35 heavy (non-hydrogen) atoms. The van der Waals surface area contributed by atoms with Gasteiger partial charge in [-0.05, 0) is 49.6 Å². The molecule has 0 radical (unpaired) electrons. The fourth-order valence-corrected chi connectivity index (χ4v) is 6.32. The number of carbonyl (C=O) groups is 2. The number of hydrogen-bond donors (Lipinski definition) is 2. The summed E-state index contributed by atoms with van der Waals surface area (Å²) in [5.74, 6) is 0.850. The SMILES string of the molecule is COC(=O)NCCO[C@@H](c1ccccc1)[C@@H]1CCCN(C(=O)N[C@H](C[SiH2]C)CC2CCOCC2)C1. The standard InChI is InChI=1S/C26H43N3O5Si/c1-32-26(31)27-12-16-34-24(21-7-4-3-5-8-21)22-9-6-13-29(18-22)25(30)28-23(19-35-2)17-20-10-14-33-15-11-20/h3-5,7-8,20,22-24H,6,9-19,35H2,1-2H3,(H,27,31)(H,28,30)/t22-,23+,24+/m1/s1. The molecular formula is C26H43N3O5Si. The number of piperidine rings is 1. The molecule has 3 atom stereocenters. The third-order valence-corrected chi connectivity index (χ3v) is 8.35. The summed E-state index contributed by atoms with van der Waals surface area (Å²) < 4.78 is 16.4. The molecule has 1 aromatic carbocycles. The van der Waals surface area contributed by atoms with Gasteiger partial charge in [0.15, 0.2) is 0 Å². The molecular weight excluding hydrogens is 462 g/mol. The minimum absolute atomic E-state index is 0.0633. The van der Waals surface area contributed by atoms with E-state index >= 15 is 0 Å². The third kappa shape index (κ3) is 9.12. The predicted molar refractivity (Wildman–Crippen MR) is 140 cm³/mol. The van der Waals surface area contributed by atoms with Crippen molar-refractivity contribution in [2.45, 2.75) is 56.8 Å². The van der Waals surface area contributed by atoms with Gasteiger partial charge in [0, 0.05) is 54.3 Å². The lowest BCUT2D eigenvalue weighted by molar-refractivity contribution is -0.00866. The molecule has 2 saturated heterocycles. The number of nitrogens with one attached hydrogen (secondary N) is 2. The van der Waals surface area contributed by atoms with Crippen LogP contribution in [0.25, 0.3) is 0 Å². The average molecular weight is 506 g/mol. The zero-order valence-electron chi connectivity index (χ0n) is 21.4. The lowest BCUT2D eigenvalue weighted by Gasteiger charge is -2.38. The predicted octanol–water partition coefficient (Wildman–Crippen LogP) is 3.34. The van der Waals surface area contributed by atoms with Crippen LogP contribution in [0.1, 0.15) is 43.8 Å². The summed E-state index contributed by atoms with van der Waals surface area (Å²) in [7, 11) is 1.20. The van der Waals surface area contributed by atoms with E-state index in [0.29, 0.717) is 25.6 Å². The number of rotatable bonds is 11. The molecule has 8 nitrogen and oxygen atoms in total. The Morgan fingerprint density at radius 2 is 1.97 bits per heavy atom. The summed E-state index contributed by atoms with van der Waals surface area (Å²) in [6.07, 6.45) is 4.63. The first-order chi connectivity index (χ1) is 17.1. The van der Waals surface area contributed by atoms with Crippen molar-refractivity contribution in [1.29, 1.82) is 0 Å². The van der Waals surface area contributed by atoms with E-state index in [4.69, 9.17) is 9.47 Å². The minimum atomic E-state index is -0.462. The smallest absolute Gasteiger partial charge is 0.406 e. The van der Waals surface area contributed by atoms with E-state index in [1.807, 2.05) is 23.1 Å². The number of hydrogen-bond acceptors (Lipinski definition) is 5. The van der Waals surface area contributed by atoms with Crippen LogP contribution in [0.2, 0.25) is 12.6 Å². The number of alkyl carbamates (subject to hydrolysis) is 1. The molecule has 9 heteroatoms. The van der Waals surface area contributed by atoms with Gasteiger partial charge in [0.05, 0.1) is 19.8 Å². The van der Waals surface area contributed by atoms with Gasteiger partial charge in [-0.3, -0.25) is 0 Å². The lowest BCUT2D eigenvalue weighted by atomic mass is 9.88. The first-order valence-corrected chi connectivity index (χ1v) is 15.6. The van der Waals surface area contributed by atoms with Gasteiger partial charge in [-0.1, -0.05) is 36.9 Å². The Morgan fingerprint density at radius 3 is 2.69 bits per heavy atom. The normalized spacial score (nSPS) is 21.0. The van der Waals surface area contributed by atoms with Crippen molar-refractivity contribution in [3.05, 3.63) is 35.9 Å². The molecule has 196 valence electrons. The monoisotopic (exact) mass is 505 g/mol. The van der Waals surface area contributed by atoms with Crippen LogP contribution in [0.3, 0.4) is 0 Å². The van der Waals surface area contributed by atoms with Crippen LogP contribution in [0, 0.1) is 11.8 Å². The molecule has 3 amide bonds. The third-order valence-electron chi connectivity index (χ3n) is 7.08. The van der Waals surface area contributed by atoms with Crippen molar-refractivity contribution in [1.82, 2.24) is 15.5 Å². The van der Waals surface area contributed by atoms with Crippen LogP contribution in [0.5, 0.6) is 0 Å². The number of nitrogens with zero attached hydrogens (tertiary/aromatic N) is 1. The molecule has 2 N–H and O–H groups in total. The number of amides is 3. The second-order valence-electron chi connectivity index (χ2n) is 9.70. The molecule has 3 rings (SSSR count). The van der Waals surface area contributed by atoms with Crippen LogP contribution in [0.15, 0.2) is 30.3 Å². The Labute approximate surface area is 212 Å². The van der Waals surface area contributed by atoms with E-state index in [1.165, 1.54) is 7.11 Å². The van der Waals surface area contributed by atoms with Crippen LogP contribution in [-0.4, -0.2) is 79.2 Å². The van der Waals surface area contributed by atoms with E-state index in [2.05, 4.69) is 34.1 Å². The zero-order valence-corrected chi connectivity index (χ0v) is 22.8. The largest absolute Gasteiger partial charge is 0.453 e. The highest BCUT2D eigenvalue weighted by Gasteiger charge is 2.32. The summed E-state index contributed by atoms with van der Waals surface area (Å²) in [4.78, 5) is 26.6. The molecule has 2 aliphatic heterocycles. The Bertz CT molecular complexity index is 763. The quantitative estimate of drug-likeness (QED) is 0.356. The molecule has 0 aromatic heterocycles. The first kappa shape index (κ1) is 27.5. The molecule has 2 aliphatic rings. The van der Waals surface area contributed by atoms with Gasteiger partial charge in [-0.25, -0.2) is 9.59 Å². The maximum atomic E-state index is 13.3. The molecule has 0 unspecified atom stereocenters. The molecule has 0 saturated carbocycles. The number of likely N-dealkylation sites (tertiary alicyclic amines) is 1. The summed E-state index contributed by atoms with van der Waals surface area (Å²) in [5.41, 5.74) is 1.10. The van der Waals surface area contributed by atoms with Crippen LogP contribution < -0.4 is 10.6 Å². The van der Waals surface area contributed by atoms with E-state index in [-0.39, 0.29) is 33.6 Å². The van der Waals surface area contributed by atoms with Gasteiger partial charge < -0.3 is 29.7 Å². The highest BCUT2D eigenvalue weighted by atomic mass is 28.2. The number of urea groups is 1. The average Bonchev–Trinajstić information content (AvgIpc) is 2.89. The van der Waals surface area contributed by atoms with Crippen molar-refractivity contribution in [3.63, 3.8) is 0 Å². The second kappa shape index (κ2) is 15.1. The topological polar surface area (TPSA) is 89.1 Å². The fourth-order valence-electron chi connectivity index (χ4n) is 5.25. The highest BCUT2D eigenvalue weighted by molar-refractivity contribution is 6.33. The first-order valence-electron chi connectivity index (χ1n) is 13.2. The van der Waals surface area contributed by atoms with Gasteiger partial charge in [0.1, 0.15) is 0 Å². The van der Waals surface area contributed by atoms with Crippen molar-refractivity contribution < 1.29 is 23.8 Å². The molecule has 2 heterocycles. The molecule has 0 bridgehead atoms. The van der Waals surface area contributed by atoms with E-state index in [0.717, 1.165) is 63.5 Å². The number of methoxy groups -OCH3 is 1. The summed E-state index contributed by atoms with van der Waals surface area (Å²) >= 11 is 0. The van der Waals surface area contributed by atoms with Gasteiger partial charge in [-0.15, -0.1) is 0 Å². The van der Waals surface area contributed by atoms with Crippen molar-refractivity contribution >= 4 is 21.6 Å². The Morgan fingerprint density at radius 1 is 1.20 bits per heavy atom. The van der Waals surface area contributed by atoms with Crippen molar-refractivity contribution in [2.75, 3.05) is 46.6 Å². The fraction of sp³-hybridized carbons (Fsp3) is 0.692. The maximum Gasteiger partial charge on any atom is 0.406 e. The van der Waals surface area contributed by atoms with Gasteiger partial charge in [0.25, 0.3) is 0 Å². The number of ether oxygens (including phenoxy) is 3. The summed E-state index contributed by atoms with van der Waals surface area (Å²) in [6.45, 7) is 6.21. The van der Waals surface area contributed by atoms with Gasteiger partial charge in [-0.2, -0.15) is 0 Å². The van der Waals surface area contributed by atoms with E-state index < -0.39 is 6.09 Å². The molecule has 2 fully saturated rings. The second-order valence-corrected chi connectivity index (χ2v) is 11.3. The molecule has 1 aromatic rings. The minimum Gasteiger partial charge on any atom is -0.453 e. The highest BCUT2D eigenvalue weighted by Crippen LogP contribution is 2.33. The van der Waals surface area contributed by atoms with Gasteiger partial charge >= 0.3 is 12.1 Å². The van der Waals surface area contributed by atoms with E-state index in [1.54, 1.807) is 0 Å². The van der Waals surface area contributed by atoms with E-state index in [9.17, 15) is 9.59 Å².